The number of esters is 1. The number of likely N-dealkylation sites (N-methyl/N-ethyl adjacent to an activating group) is 1. The highest BCUT2D eigenvalue weighted by Gasteiger charge is 2.52. The van der Waals surface area contributed by atoms with Gasteiger partial charge >= 0.3 is 12.0 Å². The van der Waals surface area contributed by atoms with Crippen LogP contribution in [-0.2, 0) is 27.5 Å². The van der Waals surface area contributed by atoms with Crippen molar-refractivity contribution in [2.75, 3.05) is 20.6 Å². The number of aromatic nitrogens is 2. The van der Waals surface area contributed by atoms with Gasteiger partial charge in [0, 0.05) is 19.7 Å². The van der Waals surface area contributed by atoms with Crippen LogP contribution in [0.3, 0.4) is 0 Å². The van der Waals surface area contributed by atoms with Gasteiger partial charge in [0.25, 0.3) is 0 Å². The lowest BCUT2D eigenvalue weighted by Crippen LogP contribution is -2.44. The molecule has 2 atom stereocenters. The number of nitrogens with zero attached hydrogens (tertiary/aromatic N) is 5. The van der Waals surface area contributed by atoms with Crippen molar-refractivity contribution in [3.63, 3.8) is 0 Å². The van der Waals surface area contributed by atoms with E-state index in [0.29, 0.717) is 12.4 Å². The summed E-state index contributed by atoms with van der Waals surface area (Å²) in [5, 5.41) is 8.98. The van der Waals surface area contributed by atoms with Gasteiger partial charge in [-0.2, -0.15) is 10.2 Å². The molecule has 2 bridgehead atoms. The van der Waals surface area contributed by atoms with Gasteiger partial charge in [0.2, 0.25) is 0 Å². The summed E-state index contributed by atoms with van der Waals surface area (Å²) in [6, 6.07) is 8.58. The normalized spacial score (nSPS) is 20.2. The largest absolute Gasteiger partial charge is 0.459 e. The average Bonchev–Trinajstić information content (AvgIpc) is 3.29. The maximum Gasteiger partial charge on any atom is 0.345 e. The first-order chi connectivity index (χ1) is 15.7. The van der Waals surface area contributed by atoms with Crippen LogP contribution in [0, 0.1) is 0 Å². The number of hydroxylamine groups is 2. The topological polar surface area (TPSA) is 101 Å². The lowest BCUT2D eigenvalue weighted by atomic mass is 9.97. The van der Waals surface area contributed by atoms with Gasteiger partial charge in [-0.15, -0.1) is 0 Å². The second kappa shape index (κ2) is 8.86. The summed E-state index contributed by atoms with van der Waals surface area (Å²) in [5.74, 6) is 0.196. The molecule has 1 fully saturated rings. The fourth-order valence-electron chi connectivity index (χ4n) is 4.29. The number of hydrogen-bond acceptors (Lipinski definition) is 6. The van der Waals surface area contributed by atoms with Crippen molar-refractivity contribution in [2.45, 2.75) is 51.6 Å². The molecule has 176 valence electrons. The minimum Gasteiger partial charge on any atom is -0.459 e. The Morgan fingerprint density at radius 1 is 1.27 bits per heavy atom. The molecule has 0 aliphatic carbocycles. The Morgan fingerprint density at radius 2 is 2.00 bits per heavy atom. The minimum atomic E-state index is -0.606. The van der Waals surface area contributed by atoms with Gasteiger partial charge in [0.1, 0.15) is 36.7 Å². The molecule has 2 aliphatic heterocycles. The molecule has 1 saturated heterocycles. The summed E-state index contributed by atoms with van der Waals surface area (Å²) in [6.07, 6.45) is 1.70. The first-order valence-corrected chi connectivity index (χ1v) is 10.9. The Kier molecular flexibility index (Phi) is 6.11. The third-order valence-electron chi connectivity index (χ3n) is 5.59. The number of nitrogens with one attached hydrogen (secondary N) is 1. The number of aliphatic imine (C=N–C) groups is 1. The van der Waals surface area contributed by atoms with Crippen molar-refractivity contribution in [2.24, 2.45) is 4.99 Å². The smallest absolute Gasteiger partial charge is 0.345 e. The molecule has 3 heterocycles. The molecule has 0 unspecified atom stereocenters. The molecular weight excluding hydrogens is 424 g/mol. The second-order valence-electron chi connectivity index (χ2n) is 9.03. The van der Waals surface area contributed by atoms with E-state index >= 15 is 0 Å². The third-order valence-corrected chi connectivity index (χ3v) is 5.59. The fraction of sp³-hybridized carbons (Fsp3) is 0.478. The molecule has 2 amide bonds. The molecule has 0 saturated carbocycles. The number of urea groups is 1. The summed E-state index contributed by atoms with van der Waals surface area (Å²) < 4.78 is 7.09. The van der Waals surface area contributed by atoms with Gasteiger partial charge in [-0.3, -0.25) is 19.3 Å². The number of amides is 2. The summed E-state index contributed by atoms with van der Waals surface area (Å²) in [7, 11) is 3.42. The first-order valence-electron chi connectivity index (χ1n) is 10.9. The van der Waals surface area contributed by atoms with Crippen molar-refractivity contribution in [3.05, 3.63) is 53.3 Å². The predicted octanol–water partition coefficient (Wildman–Crippen LogP) is 2.44. The number of rotatable bonds is 6. The molecule has 0 spiro atoms. The predicted molar refractivity (Wildman–Crippen MR) is 121 cm³/mol. The molecule has 1 N–H and O–H groups in total. The second-order valence-corrected chi connectivity index (χ2v) is 9.03. The van der Waals surface area contributed by atoms with Gasteiger partial charge in [0.15, 0.2) is 0 Å². The zero-order valence-corrected chi connectivity index (χ0v) is 19.6. The summed E-state index contributed by atoms with van der Waals surface area (Å²) in [4.78, 5) is 37.9. The van der Waals surface area contributed by atoms with Crippen molar-refractivity contribution >= 4 is 17.8 Å². The van der Waals surface area contributed by atoms with E-state index in [1.165, 1.54) is 5.06 Å². The Balaban J connectivity index is 1.67. The zero-order valence-electron chi connectivity index (χ0n) is 19.6. The van der Waals surface area contributed by atoms with Crippen LogP contribution in [0.5, 0.6) is 0 Å². The maximum absolute atomic E-state index is 13.4. The molecule has 0 radical (unpaired) electrons. The quantitative estimate of drug-likeness (QED) is 0.409. The van der Waals surface area contributed by atoms with Crippen LogP contribution >= 0.6 is 0 Å². The highest BCUT2D eigenvalue weighted by molar-refractivity contribution is 5.93. The summed E-state index contributed by atoms with van der Waals surface area (Å²) in [5.41, 5.74) is 1.91. The van der Waals surface area contributed by atoms with E-state index in [4.69, 9.17) is 9.57 Å². The number of hydrogen-bond donors (Lipinski definition) is 1. The van der Waals surface area contributed by atoms with Gasteiger partial charge in [0.05, 0.1) is 18.4 Å². The van der Waals surface area contributed by atoms with E-state index in [0.717, 1.165) is 16.8 Å². The van der Waals surface area contributed by atoms with Crippen LogP contribution in [0.1, 0.15) is 49.7 Å². The molecule has 33 heavy (non-hydrogen) atoms. The van der Waals surface area contributed by atoms with Crippen molar-refractivity contribution < 1.29 is 19.2 Å². The van der Waals surface area contributed by atoms with E-state index in [1.807, 2.05) is 51.1 Å². The van der Waals surface area contributed by atoms with Crippen LogP contribution in [0.15, 0.2) is 41.5 Å². The molecule has 4 rings (SSSR count). The minimum absolute atomic E-state index is 0.0660. The Morgan fingerprint density at radius 3 is 2.64 bits per heavy atom. The van der Waals surface area contributed by atoms with Crippen LogP contribution < -0.4 is 5.32 Å². The van der Waals surface area contributed by atoms with E-state index in [1.54, 1.807) is 29.9 Å². The maximum atomic E-state index is 13.4. The number of benzene rings is 1. The highest BCUT2D eigenvalue weighted by Crippen LogP contribution is 2.44. The van der Waals surface area contributed by atoms with Crippen molar-refractivity contribution in [3.8, 4) is 0 Å². The van der Waals surface area contributed by atoms with E-state index in [2.05, 4.69) is 15.4 Å². The zero-order chi connectivity index (χ0) is 23.8. The standard InChI is InChI=1S/C23H30N6O4/c1-23(2,3)33-18(30)13-28-19-16(11-26-28)17-12-27(20(19)21(24-4)25-5)22(31)29(17)32-14-15-9-7-6-8-10-15/h6-11,17,20H,12-14H2,1-5H3,(H,24,25)/t17-,20-/m0/s1. The van der Waals surface area contributed by atoms with Crippen LogP contribution in [0.2, 0.25) is 0 Å². The Bertz CT molecular complexity index is 1060. The van der Waals surface area contributed by atoms with E-state index in [9.17, 15) is 9.59 Å². The lowest BCUT2D eigenvalue weighted by Gasteiger charge is -2.32. The van der Waals surface area contributed by atoms with E-state index < -0.39 is 17.6 Å². The monoisotopic (exact) mass is 454 g/mol. The number of fused-ring (bicyclic) bond motifs is 4. The van der Waals surface area contributed by atoms with Gasteiger partial charge in [-0.05, 0) is 26.3 Å². The van der Waals surface area contributed by atoms with Gasteiger partial charge in [-0.1, -0.05) is 30.3 Å². The van der Waals surface area contributed by atoms with Gasteiger partial charge in [-0.25, -0.2) is 4.79 Å². The van der Waals surface area contributed by atoms with Gasteiger partial charge < -0.3 is 15.0 Å². The molecule has 10 heteroatoms. The molecule has 2 aliphatic rings. The molecular formula is C23H30N6O4. The Labute approximate surface area is 193 Å². The fourth-order valence-corrected chi connectivity index (χ4v) is 4.29. The molecule has 2 aromatic rings. The average molecular weight is 455 g/mol. The third kappa shape index (κ3) is 4.43. The van der Waals surface area contributed by atoms with Crippen LogP contribution in [0.4, 0.5) is 4.79 Å². The number of carbonyl (C=O) groups excluding carboxylic acids is 2. The molecule has 1 aromatic carbocycles. The lowest BCUT2D eigenvalue weighted by molar-refractivity contribution is -0.155. The highest BCUT2D eigenvalue weighted by atomic mass is 16.7. The van der Waals surface area contributed by atoms with Crippen LogP contribution in [-0.4, -0.2) is 63.8 Å². The number of ether oxygens (including phenoxy) is 1. The molecule has 1 aromatic heterocycles. The number of carbonyl (C=O) groups is 2. The number of amidine groups is 1. The van der Waals surface area contributed by atoms with E-state index in [-0.39, 0.29) is 25.2 Å². The first kappa shape index (κ1) is 22.8. The van der Waals surface area contributed by atoms with Crippen LogP contribution in [0.25, 0.3) is 0 Å². The summed E-state index contributed by atoms with van der Waals surface area (Å²) in [6.45, 7) is 6.10. The van der Waals surface area contributed by atoms with Crippen molar-refractivity contribution in [1.82, 2.24) is 25.1 Å². The SMILES string of the molecule is CN=C(NC)[C@@H]1c2c(cnn2CC(=O)OC(C)(C)C)[C@@H]2CN1C(=O)N2OCc1ccccc1. The summed E-state index contributed by atoms with van der Waals surface area (Å²) >= 11 is 0. The molecule has 10 nitrogen and oxygen atoms in total. The van der Waals surface area contributed by atoms with Crippen molar-refractivity contribution in [1.29, 1.82) is 0 Å². The Hall–Kier alpha value is -3.40.